The molecule has 3 nitrogen and oxygen atoms in total. The van der Waals surface area contributed by atoms with E-state index in [2.05, 4.69) is 0 Å². The summed E-state index contributed by atoms with van der Waals surface area (Å²) in [7, 11) is 1.58. The van der Waals surface area contributed by atoms with Gasteiger partial charge in [0, 0.05) is 17.8 Å². The first-order valence-electron chi connectivity index (χ1n) is 7.56. The summed E-state index contributed by atoms with van der Waals surface area (Å²) in [4.78, 5) is 14.3. The molecule has 0 saturated carbocycles. The van der Waals surface area contributed by atoms with E-state index < -0.39 is 11.7 Å². The third kappa shape index (κ3) is 3.09. The molecule has 126 valence electrons. The van der Waals surface area contributed by atoms with Crippen molar-refractivity contribution in [2.45, 2.75) is 19.0 Å². The summed E-state index contributed by atoms with van der Waals surface area (Å²) in [5.41, 5.74) is 1.27. The molecule has 1 amide bonds. The van der Waals surface area contributed by atoms with Crippen molar-refractivity contribution < 1.29 is 22.7 Å². The largest absolute Gasteiger partial charge is 0.497 e. The summed E-state index contributed by atoms with van der Waals surface area (Å²) in [6, 6.07) is 9.80. The molecule has 0 fully saturated rings. The standard InChI is InChI=1S/C18H16F3NO2/c1-24-15-8-9-16-13(11-15)3-2-10-22(16)17(23)12-4-6-14(7-5-12)18(19,20)21/h4-9,11H,2-3,10H2,1H3. The molecule has 1 aliphatic heterocycles. The lowest BCUT2D eigenvalue weighted by atomic mass is 10.00. The highest BCUT2D eigenvalue weighted by atomic mass is 19.4. The summed E-state index contributed by atoms with van der Waals surface area (Å²) in [5.74, 6) is 0.424. The van der Waals surface area contributed by atoms with Crippen molar-refractivity contribution in [3.05, 3.63) is 59.2 Å². The molecule has 1 heterocycles. The molecule has 0 aliphatic carbocycles. The number of hydrogen-bond donors (Lipinski definition) is 0. The minimum Gasteiger partial charge on any atom is -0.497 e. The molecular weight excluding hydrogens is 319 g/mol. The van der Waals surface area contributed by atoms with Crippen LogP contribution in [0.5, 0.6) is 5.75 Å². The zero-order valence-electron chi connectivity index (χ0n) is 13.1. The van der Waals surface area contributed by atoms with Gasteiger partial charge in [-0.25, -0.2) is 0 Å². The number of nitrogens with zero attached hydrogens (tertiary/aromatic N) is 1. The van der Waals surface area contributed by atoms with Gasteiger partial charge in [0.1, 0.15) is 5.75 Å². The van der Waals surface area contributed by atoms with Crippen molar-refractivity contribution in [2.24, 2.45) is 0 Å². The summed E-state index contributed by atoms with van der Waals surface area (Å²) in [5, 5.41) is 0. The van der Waals surface area contributed by atoms with Crippen LogP contribution in [0.15, 0.2) is 42.5 Å². The number of fused-ring (bicyclic) bond motifs is 1. The number of aryl methyl sites for hydroxylation is 1. The Morgan fingerprint density at radius 2 is 1.83 bits per heavy atom. The van der Waals surface area contributed by atoms with E-state index >= 15 is 0 Å². The van der Waals surface area contributed by atoms with Gasteiger partial charge in [0.15, 0.2) is 0 Å². The quantitative estimate of drug-likeness (QED) is 0.819. The Hall–Kier alpha value is -2.50. The van der Waals surface area contributed by atoms with Gasteiger partial charge in [0.25, 0.3) is 5.91 Å². The third-order valence-corrected chi connectivity index (χ3v) is 4.11. The van der Waals surface area contributed by atoms with Crippen molar-refractivity contribution in [1.29, 1.82) is 0 Å². The number of ether oxygens (including phenoxy) is 1. The maximum Gasteiger partial charge on any atom is 0.416 e. The van der Waals surface area contributed by atoms with Crippen LogP contribution in [0.2, 0.25) is 0 Å². The van der Waals surface area contributed by atoms with Gasteiger partial charge < -0.3 is 9.64 Å². The van der Waals surface area contributed by atoms with Crippen molar-refractivity contribution in [3.63, 3.8) is 0 Å². The Labute approximate surface area is 137 Å². The van der Waals surface area contributed by atoms with Gasteiger partial charge in [-0.15, -0.1) is 0 Å². The average Bonchev–Trinajstić information content (AvgIpc) is 2.59. The fourth-order valence-electron chi connectivity index (χ4n) is 2.87. The Morgan fingerprint density at radius 1 is 1.12 bits per heavy atom. The van der Waals surface area contributed by atoms with E-state index in [4.69, 9.17) is 4.74 Å². The monoisotopic (exact) mass is 335 g/mol. The van der Waals surface area contributed by atoms with Crippen LogP contribution >= 0.6 is 0 Å². The van der Waals surface area contributed by atoms with Crippen molar-refractivity contribution in [3.8, 4) is 5.75 Å². The van der Waals surface area contributed by atoms with E-state index in [-0.39, 0.29) is 11.5 Å². The van der Waals surface area contributed by atoms with Gasteiger partial charge in [-0.3, -0.25) is 4.79 Å². The maximum atomic E-state index is 12.7. The van der Waals surface area contributed by atoms with Gasteiger partial charge in [0.2, 0.25) is 0 Å². The van der Waals surface area contributed by atoms with Crippen LogP contribution in [-0.4, -0.2) is 19.6 Å². The number of anilines is 1. The number of halogens is 3. The maximum absolute atomic E-state index is 12.7. The predicted octanol–water partition coefficient (Wildman–Crippen LogP) is 4.31. The van der Waals surface area contributed by atoms with Crippen LogP contribution in [0.1, 0.15) is 27.9 Å². The fourth-order valence-corrected chi connectivity index (χ4v) is 2.87. The molecule has 3 rings (SSSR count). The normalized spacial score (nSPS) is 14.2. The number of rotatable bonds is 2. The highest BCUT2D eigenvalue weighted by Crippen LogP contribution is 2.32. The minimum atomic E-state index is -4.41. The van der Waals surface area contributed by atoms with Gasteiger partial charge in [-0.05, 0) is 60.9 Å². The summed E-state index contributed by atoms with van der Waals surface area (Å²) >= 11 is 0. The van der Waals surface area contributed by atoms with Gasteiger partial charge in [-0.2, -0.15) is 13.2 Å². The molecule has 1 aliphatic rings. The van der Waals surface area contributed by atoms with Gasteiger partial charge in [-0.1, -0.05) is 0 Å². The third-order valence-electron chi connectivity index (χ3n) is 4.11. The zero-order chi connectivity index (χ0) is 17.3. The highest BCUT2D eigenvalue weighted by molar-refractivity contribution is 6.06. The molecular formula is C18H16F3NO2. The van der Waals surface area contributed by atoms with Crippen molar-refractivity contribution >= 4 is 11.6 Å². The molecule has 6 heteroatoms. The van der Waals surface area contributed by atoms with Crippen LogP contribution in [0.25, 0.3) is 0 Å². The lowest BCUT2D eigenvalue weighted by molar-refractivity contribution is -0.137. The summed E-state index contributed by atoms with van der Waals surface area (Å²) in [6.07, 6.45) is -2.77. The van der Waals surface area contributed by atoms with Crippen molar-refractivity contribution in [2.75, 3.05) is 18.6 Å². The molecule has 2 aromatic rings. The predicted molar refractivity (Wildman–Crippen MR) is 84.4 cm³/mol. The fraction of sp³-hybridized carbons (Fsp3) is 0.278. The van der Waals surface area contributed by atoms with E-state index in [1.165, 1.54) is 12.1 Å². The van der Waals surface area contributed by atoms with Gasteiger partial charge >= 0.3 is 6.18 Å². The molecule has 0 radical (unpaired) electrons. The van der Waals surface area contributed by atoms with Crippen LogP contribution in [0, 0.1) is 0 Å². The van der Waals surface area contributed by atoms with E-state index in [1.54, 1.807) is 18.1 Å². The second-order valence-electron chi connectivity index (χ2n) is 5.63. The highest BCUT2D eigenvalue weighted by Gasteiger charge is 2.31. The minimum absolute atomic E-state index is 0.242. The summed E-state index contributed by atoms with van der Waals surface area (Å²) in [6.45, 7) is 0.541. The lowest BCUT2D eigenvalue weighted by Crippen LogP contribution is -2.35. The van der Waals surface area contributed by atoms with Crippen molar-refractivity contribution in [1.82, 2.24) is 0 Å². The first-order valence-corrected chi connectivity index (χ1v) is 7.56. The van der Waals surface area contributed by atoms with Crippen LogP contribution < -0.4 is 9.64 Å². The SMILES string of the molecule is COc1ccc2c(c1)CCCN2C(=O)c1ccc(C(F)(F)F)cc1. The molecule has 0 unspecified atom stereocenters. The smallest absolute Gasteiger partial charge is 0.416 e. The number of amides is 1. The molecule has 0 aromatic heterocycles. The zero-order valence-corrected chi connectivity index (χ0v) is 13.1. The molecule has 0 saturated heterocycles. The second kappa shape index (κ2) is 6.19. The van der Waals surface area contributed by atoms with Gasteiger partial charge in [0.05, 0.1) is 12.7 Å². The number of alkyl halides is 3. The van der Waals surface area contributed by atoms with Crippen LogP contribution in [0.3, 0.4) is 0 Å². The molecule has 0 N–H and O–H groups in total. The first kappa shape index (κ1) is 16.4. The number of benzene rings is 2. The number of carbonyl (C=O) groups is 1. The molecule has 24 heavy (non-hydrogen) atoms. The van der Waals surface area contributed by atoms with E-state index in [0.717, 1.165) is 42.0 Å². The second-order valence-corrected chi connectivity index (χ2v) is 5.63. The average molecular weight is 335 g/mol. The Kier molecular flexibility index (Phi) is 4.22. The Morgan fingerprint density at radius 3 is 2.46 bits per heavy atom. The Balaban J connectivity index is 1.89. The lowest BCUT2D eigenvalue weighted by Gasteiger charge is -2.30. The first-order chi connectivity index (χ1) is 11.4. The molecule has 2 aromatic carbocycles. The molecule has 0 spiro atoms. The van der Waals surface area contributed by atoms with E-state index in [9.17, 15) is 18.0 Å². The molecule has 0 bridgehead atoms. The number of hydrogen-bond acceptors (Lipinski definition) is 2. The molecule has 0 atom stereocenters. The summed E-state index contributed by atoms with van der Waals surface area (Å²) < 4.78 is 43.1. The van der Waals surface area contributed by atoms with Crippen LogP contribution in [-0.2, 0) is 12.6 Å². The Bertz CT molecular complexity index is 754. The van der Waals surface area contributed by atoms with E-state index in [1.807, 2.05) is 12.1 Å². The van der Waals surface area contributed by atoms with E-state index in [0.29, 0.717) is 6.54 Å². The topological polar surface area (TPSA) is 29.5 Å². The van der Waals surface area contributed by atoms with Crippen LogP contribution in [0.4, 0.5) is 18.9 Å². The number of methoxy groups -OCH3 is 1. The number of carbonyl (C=O) groups excluding carboxylic acids is 1.